The van der Waals surface area contributed by atoms with Crippen molar-refractivity contribution in [2.24, 2.45) is 0 Å². The number of aryl methyl sites for hydroxylation is 2. The van der Waals surface area contributed by atoms with E-state index < -0.39 is 0 Å². The van der Waals surface area contributed by atoms with E-state index >= 15 is 0 Å². The molecule has 5 heteroatoms. The molecule has 0 atom stereocenters. The first-order valence-corrected chi connectivity index (χ1v) is 11.4. The van der Waals surface area contributed by atoms with E-state index in [1.807, 2.05) is 66.1 Å². The number of piperidine rings is 1. The number of benzene rings is 2. The van der Waals surface area contributed by atoms with Crippen molar-refractivity contribution in [3.63, 3.8) is 0 Å². The van der Waals surface area contributed by atoms with E-state index in [1.165, 1.54) is 5.56 Å². The number of carbonyl (C=O) groups excluding carboxylic acids is 2. The van der Waals surface area contributed by atoms with Crippen molar-refractivity contribution in [2.45, 2.75) is 37.5 Å². The summed E-state index contributed by atoms with van der Waals surface area (Å²) in [4.78, 5) is 29.7. The van der Waals surface area contributed by atoms with Crippen LogP contribution in [0.15, 0.2) is 54.6 Å². The third-order valence-electron chi connectivity index (χ3n) is 6.09. The van der Waals surface area contributed by atoms with E-state index in [0.29, 0.717) is 6.42 Å². The summed E-state index contributed by atoms with van der Waals surface area (Å²) in [6.45, 7) is 4.29. The van der Waals surface area contributed by atoms with E-state index in [4.69, 9.17) is 0 Å². The fraction of sp³-hybridized carbons (Fsp3) is 0.417. The molecular weight excluding hydrogens is 380 g/mol. The molecule has 4 nitrogen and oxygen atoms in total. The van der Waals surface area contributed by atoms with Gasteiger partial charge in [-0.1, -0.05) is 48.0 Å². The highest BCUT2D eigenvalue weighted by Gasteiger charge is 2.46. The van der Waals surface area contributed by atoms with Crippen molar-refractivity contribution in [3.8, 4) is 0 Å². The van der Waals surface area contributed by atoms with Gasteiger partial charge in [-0.2, -0.15) is 0 Å². The highest BCUT2D eigenvalue weighted by atomic mass is 32.2. The van der Waals surface area contributed by atoms with Crippen LogP contribution in [0.4, 0.5) is 0 Å². The Morgan fingerprint density at radius 1 is 0.966 bits per heavy atom. The predicted molar refractivity (Wildman–Crippen MR) is 118 cm³/mol. The Morgan fingerprint density at radius 2 is 1.66 bits per heavy atom. The topological polar surface area (TPSA) is 40.6 Å². The van der Waals surface area contributed by atoms with Gasteiger partial charge in [0.15, 0.2) is 0 Å². The van der Waals surface area contributed by atoms with Crippen LogP contribution >= 0.6 is 11.8 Å². The number of amides is 2. The smallest absolute Gasteiger partial charge is 0.254 e. The van der Waals surface area contributed by atoms with E-state index in [1.54, 1.807) is 0 Å². The second kappa shape index (κ2) is 8.62. The summed E-state index contributed by atoms with van der Waals surface area (Å²) in [7, 11) is 0. The second-order valence-electron chi connectivity index (χ2n) is 7.98. The zero-order valence-electron chi connectivity index (χ0n) is 17.0. The molecule has 2 aliphatic rings. The van der Waals surface area contributed by atoms with Gasteiger partial charge in [-0.25, -0.2) is 0 Å². The maximum absolute atomic E-state index is 13.1. The maximum Gasteiger partial charge on any atom is 0.254 e. The Bertz CT molecular complexity index is 858. The molecule has 1 spiro atoms. The van der Waals surface area contributed by atoms with Crippen molar-refractivity contribution >= 4 is 23.6 Å². The average molecular weight is 409 g/mol. The molecule has 0 saturated carbocycles. The van der Waals surface area contributed by atoms with E-state index in [-0.39, 0.29) is 16.7 Å². The number of hydrogen-bond donors (Lipinski definition) is 0. The van der Waals surface area contributed by atoms with E-state index in [9.17, 15) is 9.59 Å². The Hall–Kier alpha value is -2.27. The van der Waals surface area contributed by atoms with Crippen molar-refractivity contribution in [1.29, 1.82) is 0 Å². The molecule has 0 aromatic heterocycles. The summed E-state index contributed by atoms with van der Waals surface area (Å²) in [5, 5.41) is 0. The molecule has 2 saturated heterocycles. The zero-order valence-corrected chi connectivity index (χ0v) is 17.8. The fourth-order valence-electron chi connectivity index (χ4n) is 4.32. The quantitative estimate of drug-likeness (QED) is 0.764. The predicted octanol–water partition coefficient (Wildman–Crippen LogP) is 4.14. The van der Waals surface area contributed by atoms with Crippen LogP contribution in [0.2, 0.25) is 0 Å². The van der Waals surface area contributed by atoms with Gasteiger partial charge in [0.1, 0.15) is 0 Å². The van der Waals surface area contributed by atoms with E-state index in [0.717, 1.165) is 55.8 Å². The van der Waals surface area contributed by atoms with Crippen LogP contribution in [0.3, 0.4) is 0 Å². The first-order valence-electron chi connectivity index (χ1n) is 10.4. The average Bonchev–Trinajstić information content (AvgIpc) is 3.16. The number of rotatable bonds is 4. The maximum atomic E-state index is 13.1. The molecule has 2 amide bonds. The molecular formula is C24H28N2O2S. The normalized spacial score (nSPS) is 18.2. The lowest BCUT2D eigenvalue weighted by atomic mass is 10.00. The van der Waals surface area contributed by atoms with Gasteiger partial charge in [-0.15, -0.1) is 11.8 Å². The second-order valence-corrected chi connectivity index (χ2v) is 9.44. The van der Waals surface area contributed by atoms with Gasteiger partial charge in [0.05, 0.1) is 4.87 Å². The van der Waals surface area contributed by atoms with Crippen LogP contribution in [0, 0.1) is 6.92 Å². The third kappa shape index (κ3) is 4.35. The van der Waals surface area contributed by atoms with Crippen molar-refractivity contribution < 1.29 is 9.59 Å². The van der Waals surface area contributed by atoms with Crippen LogP contribution < -0.4 is 0 Å². The largest absolute Gasteiger partial charge is 0.342 e. The van der Waals surface area contributed by atoms with Gasteiger partial charge >= 0.3 is 0 Å². The lowest BCUT2D eigenvalue weighted by Crippen LogP contribution is -2.53. The molecule has 29 heavy (non-hydrogen) atoms. The lowest BCUT2D eigenvalue weighted by molar-refractivity contribution is -0.132. The molecule has 2 fully saturated rings. The van der Waals surface area contributed by atoms with Crippen LogP contribution in [-0.2, 0) is 11.2 Å². The highest BCUT2D eigenvalue weighted by Crippen LogP contribution is 2.44. The van der Waals surface area contributed by atoms with Gasteiger partial charge in [-0.3, -0.25) is 9.59 Å². The van der Waals surface area contributed by atoms with Crippen LogP contribution in [-0.4, -0.2) is 51.9 Å². The third-order valence-corrected chi connectivity index (χ3v) is 7.64. The van der Waals surface area contributed by atoms with Crippen LogP contribution in [0.5, 0.6) is 0 Å². The van der Waals surface area contributed by atoms with Crippen molar-refractivity contribution in [2.75, 3.05) is 25.4 Å². The molecule has 152 valence electrons. The van der Waals surface area contributed by atoms with E-state index in [2.05, 4.69) is 17.0 Å². The number of nitrogens with zero attached hydrogens (tertiary/aromatic N) is 2. The van der Waals surface area contributed by atoms with Crippen LogP contribution in [0.1, 0.15) is 40.7 Å². The summed E-state index contributed by atoms with van der Waals surface area (Å²) >= 11 is 1.89. The van der Waals surface area contributed by atoms with Gasteiger partial charge in [0.2, 0.25) is 5.91 Å². The molecule has 0 bridgehead atoms. The zero-order chi connectivity index (χ0) is 20.3. The molecule has 0 radical (unpaired) electrons. The van der Waals surface area contributed by atoms with Gasteiger partial charge in [0, 0.05) is 37.4 Å². The molecule has 0 aliphatic carbocycles. The molecule has 4 rings (SSSR count). The Balaban J connectivity index is 1.36. The minimum absolute atomic E-state index is 0.124. The molecule has 2 aliphatic heterocycles. The lowest BCUT2D eigenvalue weighted by Gasteiger charge is -2.44. The SMILES string of the molecule is Cc1ccc(C(=O)N2CCSC23CCN(C(=O)CCc2ccccc2)CC3)cc1. The molecule has 0 unspecified atom stereocenters. The molecule has 2 aromatic rings. The highest BCUT2D eigenvalue weighted by molar-refractivity contribution is 8.00. The minimum Gasteiger partial charge on any atom is -0.342 e. The summed E-state index contributed by atoms with van der Waals surface area (Å²) in [6, 6.07) is 18.0. The molecule has 2 heterocycles. The number of hydrogen-bond acceptors (Lipinski definition) is 3. The fourth-order valence-corrected chi connectivity index (χ4v) is 5.78. The minimum atomic E-state index is -0.155. The number of carbonyl (C=O) groups is 2. The first-order chi connectivity index (χ1) is 14.1. The van der Waals surface area contributed by atoms with Crippen molar-refractivity contribution in [1.82, 2.24) is 9.80 Å². The van der Waals surface area contributed by atoms with Gasteiger partial charge < -0.3 is 9.80 Å². The summed E-state index contributed by atoms with van der Waals surface area (Å²) in [5.74, 6) is 1.32. The van der Waals surface area contributed by atoms with Gasteiger partial charge in [0.25, 0.3) is 5.91 Å². The Labute approximate surface area is 177 Å². The standard InChI is InChI=1S/C24H28N2O2S/c1-19-7-10-21(11-8-19)23(28)26-17-18-29-24(26)13-15-25(16-14-24)22(27)12-9-20-5-3-2-4-6-20/h2-8,10-11H,9,12-18H2,1H3. The van der Waals surface area contributed by atoms with Gasteiger partial charge in [-0.05, 0) is 43.9 Å². The van der Waals surface area contributed by atoms with Crippen LogP contribution in [0.25, 0.3) is 0 Å². The molecule has 2 aromatic carbocycles. The summed E-state index contributed by atoms with van der Waals surface area (Å²) < 4.78 is 0. The summed E-state index contributed by atoms with van der Waals surface area (Å²) in [5.41, 5.74) is 3.13. The monoisotopic (exact) mass is 408 g/mol. The number of likely N-dealkylation sites (tertiary alicyclic amines) is 1. The summed E-state index contributed by atoms with van der Waals surface area (Å²) in [6.07, 6.45) is 3.04. The first kappa shape index (κ1) is 20.0. The number of thioether (sulfide) groups is 1. The Kier molecular flexibility index (Phi) is 5.95. The Morgan fingerprint density at radius 3 is 2.34 bits per heavy atom. The van der Waals surface area contributed by atoms with Crippen molar-refractivity contribution in [3.05, 3.63) is 71.3 Å². The molecule has 0 N–H and O–H groups in total.